The van der Waals surface area contributed by atoms with Crippen molar-refractivity contribution >= 4 is 11.7 Å². The molecule has 1 fully saturated rings. The predicted molar refractivity (Wildman–Crippen MR) is 112 cm³/mol. The summed E-state index contributed by atoms with van der Waals surface area (Å²) in [6.45, 7) is 4.25. The van der Waals surface area contributed by atoms with Crippen LogP contribution in [0.2, 0.25) is 0 Å². The summed E-state index contributed by atoms with van der Waals surface area (Å²) in [5.41, 5.74) is -0.203. The van der Waals surface area contributed by atoms with Crippen LogP contribution in [0.3, 0.4) is 0 Å². The molecule has 9 nitrogen and oxygen atoms in total. The van der Waals surface area contributed by atoms with Gasteiger partial charge in [-0.1, -0.05) is 0 Å². The van der Waals surface area contributed by atoms with Gasteiger partial charge in [-0.05, 0) is 38.1 Å². The maximum Gasteiger partial charge on any atom is 0.417 e. The Hall–Kier alpha value is -3.54. The third kappa shape index (κ3) is 4.95. The summed E-state index contributed by atoms with van der Waals surface area (Å²) < 4.78 is 44.3. The number of amides is 1. The van der Waals surface area contributed by atoms with Crippen LogP contribution in [0.1, 0.15) is 29.9 Å². The van der Waals surface area contributed by atoms with Gasteiger partial charge in [0.2, 0.25) is 0 Å². The van der Waals surface area contributed by atoms with E-state index in [0.29, 0.717) is 12.2 Å². The molecule has 33 heavy (non-hydrogen) atoms. The second-order valence-electron chi connectivity index (χ2n) is 7.68. The molecule has 0 spiro atoms. The SMILES string of the molecule is C[C@@H]1CN(C(=O)c2ncccc2-n2nccn2)[C@H](CNc2ccc(C(F)(F)F)cn2)[C@H](C)O1. The zero-order valence-electron chi connectivity index (χ0n) is 17.9. The van der Waals surface area contributed by atoms with Gasteiger partial charge in [0.05, 0.1) is 36.2 Å². The van der Waals surface area contributed by atoms with Gasteiger partial charge in [-0.15, -0.1) is 4.80 Å². The zero-order valence-corrected chi connectivity index (χ0v) is 17.9. The fraction of sp³-hybridized carbons (Fsp3) is 0.381. The fourth-order valence-corrected chi connectivity index (χ4v) is 3.75. The minimum atomic E-state index is -4.46. The van der Waals surface area contributed by atoms with E-state index < -0.39 is 17.8 Å². The van der Waals surface area contributed by atoms with Gasteiger partial charge in [-0.25, -0.2) is 9.97 Å². The number of hydrogen-bond acceptors (Lipinski definition) is 7. The summed E-state index contributed by atoms with van der Waals surface area (Å²) in [5, 5.41) is 11.2. The third-order valence-corrected chi connectivity index (χ3v) is 5.31. The van der Waals surface area contributed by atoms with Gasteiger partial charge in [0.25, 0.3) is 5.91 Å². The normalized spacial score (nSPS) is 21.1. The molecule has 3 aromatic heterocycles. The molecule has 3 atom stereocenters. The smallest absolute Gasteiger partial charge is 0.372 e. The van der Waals surface area contributed by atoms with Crippen LogP contribution in [0.5, 0.6) is 0 Å². The van der Waals surface area contributed by atoms with E-state index in [4.69, 9.17) is 4.74 Å². The van der Waals surface area contributed by atoms with Crippen molar-refractivity contribution in [1.82, 2.24) is 29.9 Å². The van der Waals surface area contributed by atoms with Gasteiger partial charge in [0.1, 0.15) is 11.5 Å². The maximum absolute atomic E-state index is 13.6. The number of ether oxygens (including phenoxy) is 1. The van der Waals surface area contributed by atoms with Crippen molar-refractivity contribution in [3.63, 3.8) is 0 Å². The lowest BCUT2D eigenvalue weighted by Crippen LogP contribution is -2.58. The number of alkyl halides is 3. The number of pyridine rings is 2. The zero-order chi connectivity index (χ0) is 23.6. The molecule has 0 bridgehead atoms. The lowest BCUT2D eigenvalue weighted by Gasteiger charge is -2.42. The molecule has 3 aromatic rings. The van der Waals surface area contributed by atoms with E-state index in [0.717, 1.165) is 12.3 Å². The van der Waals surface area contributed by atoms with Gasteiger partial charge in [-0.2, -0.15) is 23.4 Å². The Morgan fingerprint density at radius 3 is 2.58 bits per heavy atom. The molecule has 0 aromatic carbocycles. The summed E-state index contributed by atoms with van der Waals surface area (Å²) in [5.74, 6) is -0.0578. The van der Waals surface area contributed by atoms with E-state index in [-0.39, 0.29) is 36.2 Å². The molecule has 1 N–H and O–H groups in total. The van der Waals surface area contributed by atoms with Crippen molar-refractivity contribution in [2.24, 2.45) is 0 Å². The van der Waals surface area contributed by atoms with Gasteiger partial charge in [0, 0.05) is 25.5 Å². The summed E-state index contributed by atoms with van der Waals surface area (Å²) in [6, 6.07) is 5.19. The van der Waals surface area contributed by atoms with E-state index in [1.54, 1.807) is 17.0 Å². The predicted octanol–water partition coefficient (Wildman–Crippen LogP) is 2.81. The first-order chi connectivity index (χ1) is 15.7. The molecule has 0 unspecified atom stereocenters. The quantitative estimate of drug-likeness (QED) is 0.624. The third-order valence-electron chi connectivity index (χ3n) is 5.31. The Morgan fingerprint density at radius 1 is 1.15 bits per heavy atom. The van der Waals surface area contributed by atoms with E-state index in [2.05, 4.69) is 25.5 Å². The topological polar surface area (TPSA) is 98.1 Å². The highest BCUT2D eigenvalue weighted by Crippen LogP contribution is 2.29. The minimum Gasteiger partial charge on any atom is -0.372 e. The monoisotopic (exact) mass is 461 g/mol. The first-order valence-corrected chi connectivity index (χ1v) is 10.3. The van der Waals surface area contributed by atoms with Crippen molar-refractivity contribution in [2.75, 3.05) is 18.4 Å². The molecule has 174 valence electrons. The number of halogens is 3. The van der Waals surface area contributed by atoms with Crippen LogP contribution >= 0.6 is 0 Å². The maximum atomic E-state index is 13.6. The Morgan fingerprint density at radius 2 is 1.91 bits per heavy atom. The number of nitrogens with one attached hydrogen (secondary N) is 1. The largest absolute Gasteiger partial charge is 0.417 e. The van der Waals surface area contributed by atoms with Crippen molar-refractivity contribution in [3.05, 3.63) is 60.3 Å². The van der Waals surface area contributed by atoms with E-state index >= 15 is 0 Å². The molecule has 0 saturated carbocycles. The molecule has 1 aliphatic rings. The average molecular weight is 461 g/mol. The second kappa shape index (κ2) is 9.14. The summed E-state index contributed by atoms with van der Waals surface area (Å²) in [7, 11) is 0. The Bertz CT molecular complexity index is 1090. The number of anilines is 1. The van der Waals surface area contributed by atoms with Crippen LogP contribution in [-0.4, -0.2) is 67.1 Å². The standard InChI is InChI=1S/C21H22F3N7O2/c1-13-12-30(20(32)19-16(4-3-7-25-19)31-28-8-9-29-31)17(14(2)33-13)11-27-18-6-5-15(10-26-18)21(22,23)24/h3-10,13-14,17H,11-12H2,1-2H3,(H,26,27)/t13-,14+,17-/m1/s1. The van der Waals surface area contributed by atoms with E-state index in [1.807, 2.05) is 13.8 Å². The molecule has 1 aliphatic heterocycles. The highest BCUT2D eigenvalue weighted by molar-refractivity contribution is 5.96. The van der Waals surface area contributed by atoms with Gasteiger partial charge in [-0.3, -0.25) is 4.79 Å². The van der Waals surface area contributed by atoms with Crippen molar-refractivity contribution in [1.29, 1.82) is 0 Å². The molecule has 0 radical (unpaired) electrons. The number of rotatable bonds is 5. The molecule has 1 amide bonds. The van der Waals surface area contributed by atoms with Crippen LogP contribution in [0.25, 0.3) is 5.69 Å². The first kappa shape index (κ1) is 22.6. The van der Waals surface area contributed by atoms with Gasteiger partial charge in [0.15, 0.2) is 5.69 Å². The average Bonchev–Trinajstić information content (AvgIpc) is 3.32. The number of nitrogens with zero attached hydrogens (tertiary/aromatic N) is 6. The van der Waals surface area contributed by atoms with E-state index in [1.165, 1.54) is 29.5 Å². The minimum absolute atomic E-state index is 0.188. The number of hydrogen-bond donors (Lipinski definition) is 1. The Labute approximate surface area is 187 Å². The van der Waals surface area contributed by atoms with Crippen molar-refractivity contribution in [3.8, 4) is 5.69 Å². The molecule has 1 saturated heterocycles. The highest BCUT2D eigenvalue weighted by atomic mass is 19.4. The summed E-state index contributed by atoms with van der Waals surface area (Å²) in [6.07, 6.45) is 0.293. The van der Waals surface area contributed by atoms with Crippen LogP contribution in [-0.2, 0) is 10.9 Å². The van der Waals surface area contributed by atoms with E-state index in [9.17, 15) is 18.0 Å². The summed E-state index contributed by atoms with van der Waals surface area (Å²) >= 11 is 0. The molecular weight excluding hydrogens is 439 g/mol. The molecule has 0 aliphatic carbocycles. The Balaban J connectivity index is 1.56. The first-order valence-electron chi connectivity index (χ1n) is 10.3. The molecule has 4 rings (SSSR count). The van der Waals surface area contributed by atoms with Crippen LogP contribution in [0, 0.1) is 0 Å². The van der Waals surface area contributed by atoms with Gasteiger partial charge < -0.3 is 15.0 Å². The number of morpholine rings is 1. The number of carbonyl (C=O) groups is 1. The highest BCUT2D eigenvalue weighted by Gasteiger charge is 2.37. The number of aromatic nitrogens is 5. The second-order valence-corrected chi connectivity index (χ2v) is 7.68. The van der Waals surface area contributed by atoms with Crippen molar-refractivity contribution in [2.45, 2.75) is 38.3 Å². The fourth-order valence-electron chi connectivity index (χ4n) is 3.75. The van der Waals surface area contributed by atoms with Crippen LogP contribution in [0.15, 0.2) is 49.1 Å². The Kier molecular flexibility index (Phi) is 6.27. The van der Waals surface area contributed by atoms with Crippen LogP contribution in [0.4, 0.5) is 19.0 Å². The lowest BCUT2D eigenvalue weighted by molar-refractivity contribution is -0.137. The molecule has 4 heterocycles. The molecular formula is C21H22F3N7O2. The van der Waals surface area contributed by atoms with Crippen molar-refractivity contribution < 1.29 is 22.7 Å². The lowest BCUT2D eigenvalue weighted by atomic mass is 10.1. The van der Waals surface area contributed by atoms with Crippen LogP contribution < -0.4 is 5.32 Å². The molecule has 12 heteroatoms. The number of carbonyl (C=O) groups excluding carboxylic acids is 1. The summed E-state index contributed by atoms with van der Waals surface area (Å²) in [4.78, 5) is 24.6. The van der Waals surface area contributed by atoms with Gasteiger partial charge >= 0.3 is 6.18 Å².